The van der Waals surface area contributed by atoms with Crippen molar-refractivity contribution >= 4 is 38.9 Å². The number of alkyl halides is 1. The lowest BCUT2D eigenvalue weighted by atomic mass is 10.0. The highest BCUT2D eigenvalue weighted by Gasteiger charge is 2.18. The number of imidazole rings is 1. The molecule has 4 nitrogen and oxygen atoms in total. The summed E-state index contributed by atoms with van der Waals surface area (Å²) in [5.74, 6) is 1.00. The molecule has 0 aliphatic carbocycles. The van der Waals surface area contributed by atoms with Gasteiger partial charge in [0.05, 0.1) is 6.33 Å². The molecule has 2 aromatic rings. The van der Waals surface area contributed by atoms with Crippen molar-refractivity contribution in [3.63, 3.8) is 0 Å². The Kier molecular flexibility index (Phi) is 3.49. The van der Waals surface area contributed by atoms with Crippen molar-refractivity contribution in [3.8, 4) is 0 Å². The number of fused-ring (bicyclic) bond motifs is 1. The van der Waals surface area contributed by atoms with Crippen LogP contribution in [0.4, 0.5) is 0 Å². The van der Waals surface area contributed by atoms with Gasteiger partial charge in [0, 0.05) is 11.1 Å². The first-order chi connectivity index (χ1) is 7.62. The predicted molar refractivity (Wildman–Crippen MR) is 70.0 cm³/mol. The second kappa shape index (κ2) is 4.71. The number of nitrogens with zero attached hydrogens (tertiary/aromatic N) is 3. The highest BCUT2D eigenvalue weighted by molar-refractivity contribution is 9.09. The number of hydrogen-bond donors (Lipinski definition) is 1. The molecule has 2 aromatic heterocycles. The molecule has 0 saturated carbocycles. The number of H-pyrrole nitrogens is 1. The number of nitrogens with one attached hydrogen (secondary N) is 1. The van der Waals surface area contributed by atoms with Crippen molar-refractivity contribution in [1.29, 1.82) is 0 Å². The largest absolute Gasteiger partial charge is 0.341 e. The molecule has 0 fully saturated rings. The van der Waals surface area contributed by atoms with Gasteiger partial charge in [0.15, 0.2) is 5.65 Å². The van der Waals surface area contributed by atoms with Gasteiger partial charge in [-0.25, -0.2) is 15.0 Å². The van der Waals surface area contributed by atoms with Crippen LogP contribution in [0, 0.1) is 5.41 Å². The van der Waals surface area contributed by atoms with E-state index in [9.17, 15) is 0 Å². The van der Waals surface area contributed by atoms with E-state index in [-0.39, 0.29) is 5.41 Å². The normalized spacial score (nSPS) is 12.2. The maximum absolute atomic E-state index is 4.28. The minimum Gasteiger partial charge on any atom is -0.341 e. The summed E-state index contributed by atoms with van der Waals surface area (Å²) in [5, 5.41) is 1.95. The average Bonchev–Trinajstić information content (AvgIpc) is 2.75. The van der Waals surface area contributed by atoms with E-state index >= 15 is 0 Å². The molecule has 0 bridgehead atoms. The first-order valence-corrected chi connectivity index (χ1v) is 7.06. The molecule has 1 N–H and O–H groups in total. The quantitative estimate of drug-likeness (QED) is 0.536. The molecular weight excluding hydrogens is 288 g/mol. The monoisotopic (exact) mass is 300 g/mol. The second-order valence-corrected chi connectivity index (χ2v) is 5.89. The summed E-state index contributed by atoms with van der Waals surface area (Å²) >= 11 is 5.25. The van der Waals surface area contributed by atoms with E-state index in [4.69, 9.17) is 0 Å². The Bertz CT molecular complexity index is 482. The highest BCUT2D eigenvalue weighted by Crippen LogP contribution is 2.30. The topological polar surface area (TPSA) is 54.5 Å². The number of rotatable bonds is 4. The molecule has 0 saturated heterocycles. The van der Waals surface area contributed by atoms with Crippen LogP contribution in [0.15, 0.2) is 17.7 Å². The Hall–Kier alpha value is -0.620. The molecule has 16 heavy (non-hydrogen) atoms. The van der Waals surface area contributed by atoms with Crippen LogP contribution in [0.1, 0.15) is 13.8 Å². The SMILES string of the molecule is CC(C)(CBr)CSc1ncnc2nc[nH]c12. The molecule has 0 unspecified atom stereocenters. The van der Waals surface area contributed by atoms with Crippen LogP contribution in [0.25, 0.3) is 11.2 Å². The van der Waals surface area contributed by atoms with E-state index in [1.165, 1.54) is 0 Å². The van der Waals surface area contributed by atoms with E-state index in [0.29, 0.717) is 0 Å². The lowest BCUT2D eigenvalue weighted by molar-refractivity contribution is 0.496. The third-order valence-electron chi connectivity index (χ3n) is 2.15. The van der Waals surface area contributed by atoms with Crippen LogP contribution in [-0.4, -0.2) is 31.0 Å². The van der Waals surface area contributed by atoms with Crippen molar-refractivity contribution in [2.45, 2.75) is 18.9 Å². The predicted octanol–water partition coefficient (Wildman–Crippen LogP) is 2.87. The van der Waals surface area contributed by atoms with Crippen LogP contribution >= 0.6 is 27.7 Å². The fourth-order valence-electron chi connectivity index (χ4n) is 1.15. The summed E-state index contributed by atoms with van der Waals surface area (Å²) < 4.78 is 0. The van der Waals surface area contributed by atoms with E-state index in [1.807, 2.05) is 0 Å². The van der Waals surface area contributed by atoms with Gasteiger partial charge in [-0.15, -0.1) is 11.8 Å². The van der Waals surface area contributed by atoms with Crippen LogP contribution in [0.5, 0.6) is 0 Å². The molecule has 2 rings (SSSR count). The number of halogens is 1. The summed E-state index contributed by atoms with van der Waals surface area (Å²) in [4.78, 5) is 15.6. The van der Waals surface area contributed by atoms with Gasteiger partial charge in [-0.2, -0.15) is 0 Å². The third kappa shape index (κ3) is 2.55. The van der Waals surface area contributed by atoms with Crippen LogP contribution in [0.3, 0.4) is 0 Å². The van der Waals surface area contributed by atoms with Gasteiger partial charge in [0.1, 0.15) is 16.9 Å². The summed E-state index contributed by atoms with van der Waals surface area (Å²) in [7, 11) is 0. The Balaban J connectivity index is 2.18. The molecule has 0 spiro atoms. The van der Waals surface area contributed by atoms with Crippen molar-refractivity contribution in [2.24, 2.45) is 5.41 Å². The van der Waals surface area contributed by atoms with Crippen molar-refractivity contribution in [1.82, 2.24) is 19.9 Å². The van der Waals surface area contributed by atoms with Gasteiger partial charge in [-0.05, 0) is 5.41 Å². The fourth-order valence-corrected chi connectivity index (χ4v) is 2.66. The Labute approximate surface area is 107 Å². The lowest BCUT2D eigenvalue weighted by Crippen LogP contribution is -2.16. The molecular formula is C10H13BrN4S. The number of aromatic nitrogens is 4. The van der Waals surface area contributed by atoms with Crippen molar-refractivity contribution in [3.05, 3.63) is 12.7 Å². The smallest absolute Gasteiger partial charge is 0.181 e. The van der Waals surface area contributed by atoms with Gasteiger partial charge in [0.2, 0.25) is 0 Å². The number of thioether (sulfide) groups is 1. The Morgan fingerprint density at radius 1 is 1.38 bits per heavy atom. The first kappa shape index (κ1) is 11.9. The minimum atomic E-state index is 0.252. The zero-order chi connectivity index (χ0) is 11.6. The second-order valence-electron chi connectivity index (χ2n) is 4.37. The maximum Gasteiger partial charge on any atom is 0.181 e. The molecule has 2 heterocycles. The Morgan fingerprint density at radius 3 is 2.94 bits per heavy atom. The summed E-state index contributed by atoms with van der Waals surface area (Å²) in [5.41, 5.74) is 1.91. The van der Waals surface area contributed by atoms with Crippen LogP contribution in [0.2, 0.25) is 0 Å². The molecule has 0 aliphatic heterocycles. The maximum atomic E-state index is 4.28. The van der Waals surface area contributed by atoms with Gasteiger partial charge in [-0.3, -0.25) is 0 Å². The highest BCUT2D eigenvalue weighted by atomic mass is 79.9. The Morgan fingerprint density at radius 2 is 2.19 bits per heavy atom. The zero-order valence-corrected chi connectivity index (χ0v) is 11.6. The fraction of sp³-hybridized carbons (Fsp3) is 0.500. The van der Waals surface area contributed by atoms with E-state index in [2.05, 4.69) is 49.7 Å². The molecule has 0 aliphatic rings. The summed E-state index contributed by atoms with van der Waals surface area (Å²) in [6, 6.07) is 0. The average molecular weight is 301 g/mol. The van der Waals surface area contributed by atoms with Gasteiger partial charge >= 0.3 is 0 Å². The number of aromatic amines is 1. The van der Waals surface area contributed by atoms with E-state index in [1.54, 1.807) is 24.4 Å². The molecule has 0 radical (unpaired) electrons. The molecule has 0 aromatic carbocycles. The molecule has 0 atom stereocenters. The first-order valence-electron chi connectivity index (χ1n) is 4.95. The van der Waals surface area contributed by atoms with Crippen LogP contribution in [-0.2, 0) is 0 Å². The number of hydrogen-bond acceptors (Lipinski definition) is 4. The van der Waals surface area contributed by atoms with Gasteiger partial charge in [-0.1, -0.05) is 29.8 Å². The summed E-state index contributed by atoms with van der Waals surface area (Å²) in [6.07, 6.45) is 3.21. The minimum absolute atomic E-state index is 0.252. The molecule has 0 amide bonds. The van der Waals surface area contributed by atoms with Crippen molar-refractivity contribution < 1.29 is 0 Å². The van der Waals surface area contributed by atoms with E-state index in [0.717, 1.165) is 27.3 Å². The van der Waals surface area contributed by atoms with Crippen LogP contribution < -0.4 is 0 Å². The molecule has 6 heteroatoms. The lowest BCUT2D eigenvalue weighted by Gasteiger charge is -2.20. The zero-order valence-electron chi connectivity index (χ0n) is 9.20. The molecule has 86 valence electrons. The third-order valence-corrected chi connectivity index (χ3v) is 5.18. The van der Waals surface area contributed by atoms with E-state index < -0.39 is 0 Å². The standard InChI is InChI=1S/C10H13BrN4S/c1-10(2,3-11)4-16-9-7-8(13-5-12-7)14-6-15-9/h5-6H,3-4H2,1-2H3,(H,12,13,14,15). The summed E-state index contributed by atoms with van der Waals surface area (Å²) in [6.45, 7) is 4.44. The van der Waals surface area contributed by atoms with Gasteiger partial charge < -0.3 is 4.98 Å². The van der Waals surface area contributed by atoms with Gasteiger partial charge in [0.25, 0.3) is 0 Å². The van der Waals surface area contributed by atoms with Crippen molar-refractivity contribution in [2.75, 3.05) is 11.1 Å².